The predicted octanol–water partition coefficient (Wildman–Crippen LogP) is 3.34. The van der Waals surface area contributed by atoms with Gasteiger partial charge in [0.05, 0.1) is 6.20 Å². The third-order valence-corrected chi connectivity index (χ3v) is 3.95. The average molecular weight is 312 g/mol. The van der Waals surface area contributed by atoms with Crippen LogP contribution in [0.5, 0.6) is 0 Å². The number of hydrogen-bond acceptors (Lipinski definition) is 2. The lowest BCUT2D eigenvalue weighted by molar-refractivity contribution is 0.0796. The van der Waals surface area contributed by atoms with Crippen LogP contribution in [0.25, 0.3) is 0 Å². The van der Waals surface area contributed by atoms with E-state index in [-0.39, 0.29) is 5.91 Å². The fourth-order valence-corrected chi connectivity index (χ4v) is 2.29. The molecular weight excluding hydrogens is 297 g/mol. The van der Waals surface area contributed by atoms with Gasteiger partial charge in [-0.15, -0.1) is 0 Å². The summed E-state index contributed by atoms with van der Waals surface area (Å²) in [6.45, 7) is 2.42. The van der Waals surface area contributed by atoms with Gasteiger partial charge in [0.25, 0.3) is 5.91 Å². The first-order valence-corrected chi connectivity index (χ1v) is 6.93. The van der Waals surface area contributed by atoms with Crippen LogP contribution in [0, 0.1) is 6.92 Å². The molecule has 0 aliphatic heterocycles. The second-order valence-electron chi connectivity index (χ2n) is 4.65. The topological polar surface area (TPSA) is 49.0 Å². The number of rotatable bonds is 4. The maximum atomic E-state index is 12.3. The number of amides is 1. The van der Waals surface area contributed by atoms with Crippen LogP contribution in [0.3, 0.4) is 0 Å². The first-order valence-electron chi connectivity index (χ1n) is 6.18. The smallest absolute Gasteiger partial charge is 0.253 e. The van der Waals surface area contributed by atoms with Gasteiger partial charge >= 0.3 is 0 Å². The third-order valence-electron chi connectivity index (χ3n) is 3.17. The van der Waals surface area contributed by atoms with Crippen LogP contribution >= 0.6 is 23.2 Å². The minimum Gasteiger partial charge on any atom is -0.341 e. The molecule has 0 aliphatic rings. The minimum absolute atomic E-state index is 0.0997. The fraction of sp³-hybridized carbons (Fsp3) is 0.286. The zero-order chi connectivity index (χ0) is 14.7. The molecule has 2 rings (SSSR count). The summed E-state index contributed by atoms with van der Waals surface area (Å²) >= 11 is 12.1. The number of nitrogens with zero attached hydrogens (tertiary/aromatic N) is 2. The van der Waals surface area contributed by atoms with Crippen LogP contribution in [0.2, 0.25) is 10.0 Å². The summed E-state index contributed by atoms with van der Waals surface area (Å²) < 4.78 is 0. The highest BCUT2D eigenvalue weighted by Gasteiger charge is 2.14. The molecule has 0 fully saturated rings. The van der Waals surface area contributed by atoms with E-state index in [0.717, 1.165) is 17.5 Å². The van der Waals surface area contributed by atoms with Crippen molar-refractivity contribution in [2.75, 3.05) is 13.6 Å². The van der Waals surface area contributed by atoms with Crippen molar-refractivity contribution in [3.63, 3.8) is 0 Å². The molecule has 4 nitrogen and oxygen atoms in total. The van der Waals surface area contributed by atoms with Gasteiger partial charge in [-0.2, -0.15) is 5.10 Å². The highest BCUT2D eigenvalue weighted by atomic mass is 35.5. The second-order valence-corrected chi connectivity index (χ2v) is 5.46. The number of carbonyl (C=O) groups is 1. The lowest BCUT2D eigenvalue weighted by atomic mass is 10.1. The Kier molecular flexibility index (Phi) is 4.68. The lowest BCUT2D eigenvalue weighted by Gasteiger charge is -2.17. The first kappa shape index (κ1) is 14.9. The molecule has 1 aromatic carbocycles. The van der Waals surface area contributed by atoms with Crippen molar-refractivity contribution in [1.82, 2.24) is 15.1 Å². The van der Waals surface area contributed by atoms with Gasteiger partial charge < -0.3 is 4.90 Å². The first-order chi connectivity index (χ1) is 9.49. The molecule has 0 aliphatic carbocycles. The van der Waals surface area contributed by atoms with Crippen LogP contribution in [0.1, 0.15) is 21.5 Å². The molecule has 0 spiro atoms. The quantitative estimate of drug-likeness (QED) is 0.941. The molecular formula is C14H15Cl2N3O. The van der Waals surface area contributed by atoms with E-state index in [1.165, 1.54) is 0 Å². The van der Waals surface area contributed by atoms with Crippen LogP contribution in [-0.2, 0) is 6.42 Å². The van der Waals surface area contributed by atoms with Crippen LogP contribution in [0.15, 0.2) is 24.5 Å². The molecule has 1 aromatic heterocycles. The maximum Gasteiger partial charge on any atom is 0.253 e. The van der Waals surface area contributed by atoms with Gasteiger partial charge in [0, 0.05) is 35.4 Å². The van der Waals surface area contributed by atoms with E-state index < -0.39 is 0 Å². The summed E-state index contributed by atoms with van der Waals surface area (Å²) in [4.78, 5) is 13.9. The Morgan fingerprint density at radius 3 is 2.55 bits per heavy atom. The second kappa shape index (κ2) is 6.29. The Morgan fingerprint density at radius 1 is 1.35 bits per heavy atom. The Labute approximate surface area is 127 Å². The molecule has 6 heteroatoms. The van der Waals surface area contributed by atoms with Crippen molar-refractivity contribution in [3.05, 3.63) is 51.3 Å². The Morgan fingerprint density at radius 2 is 2.00 bits per heavy atom. The largest absolute Gasteiger partial charge is 0.341 e. The number of H-pyrrole nitrogens is 1. The number of halogens is 2. The van der Waals surface area contributed by atoms with E-state index in [2.05, 4.69) is 10.2 Å². The van der Waals surface area contributed by atoms with Crippen molar-refractivity contribution >= 4 is 29.1 Å². The van der Waals surface area contributed by atoms with Gasteiger partial charge in [0.15, 0.2) is 0 Å². The number of carbonyl (C=O) groups excluding carboxylic acids is 1. The number of benzene rings is 1. The third kappa shape index (κ3) is 3.32. The predicted molar refractivity (Wildman–Crippen MR) is 80.5 cm³/mol. The van der Waals surface area contributed by atoms with Crippen LogP contribution in [0.4, 0.5) is 0 Å². The molecule has 20 heavy (non-hydrogen) atoms. The van der Waals surface area contributed by atoms with Crippen molar-refractivity contribution < 1.29 is 4.79 Å². The normalized spacial score (nSPS) is 10.6. The summed E-state index contributed by atoms with van der Waals surface area (Å²) in [7, 11) is 1.75. The van der Waals surface area contributed by atoms with E-state index >= 15 is 0 Å². The molecule has 1 N–H and O–H groups in total. The number of likely N-dealkylation sites (N-methyl/N-ethyl adjacent to an activating group) is 1. The summed E-state index contributed by atoms with van der Waals surface area (Å²) in [5.74, 6) is -0.0997. The molecule has 0 unspecified atom stereocenters. The number of aromatic nitrogens is 2. The van der Waals surface area contributed by atoms with Gasteiger partial charge in [-0.3, -0.25) is 9.89 Å². The maximum absolute atomic E-state index is 12.3. The average Bonchev–Trinajstić information content (AvgIpc) is 2.94. The van der Waals surface area contributed by atoms with Gasteiger partial charge in [-0.25, -0.2) is 0 Å². The Hall–Kier alpha value is -1.52. The highest BCUT2D eigenvalue weighted by Crippen LogP contribution is 2.26. The monoisotopic (exact) mass is 311 g/mol. The van der Waals surface area contributed by atoms with Crippen molar-refractivity contribution in [2.24, 2.45) is 0 Å². The van der Waals surface area contributed by atoms with E-state index in [0.29, 0.717) is 22.2 Å². The summed E-state index contributed by atoms with van der Waals surface area (Å²) in [5, 5.41) is 7.63. The molecule has 0 saturated heterocycles. The van der Waals surface area contributed by atoms with Crippen molar-refractivity contribution in [1.29, 1.82) is 0 Å². The Bertz CT molecular complexity index is 588. The SMILES string of the molecule is Cc1c(Cl)cc(C(=O)N(C)CCc2cn[nH]c2)cc1Cl. The zero-order valence-corrected chi connectivity index (χ0v) is 12.8. The number of nitrogens with one attached hydrogen (secondary N) is 1. The molecule has 0 saturated carbocycles. The van der Waals surface area contributed by atoms with Crippen molar-refractivity contribution in [2.45, 2.75) is 13.3 Å². The number of hydrogen-bond donors (Lipinski definition) is 1. The van der Waals surface area contributed by atoms with Crippen LogP contribution < -0.4 is 0 Å². The number of aromatic amines is 1. The van der Waals surface area contributed by atoms with Gasteiger partial charge in [0.1, 0.15) is 0 Å². The molecule has 2 aromatic rings. The molecule has 106 valence electrons. The van der Waals surface area contributed by atoms with Crippen LogP contribution in [-0.4, -0.2) is 34.6 Å². The standard InChI is InChI=1S/C14H15Cl2N3O/c1-9-12(15)5-11(6-13(9)16)14(20)19(2)4-3-10-7-17-18-8-10/h5-8H,3-4H2,1-2H3,(H,17,18). The molecule has 0 atom stereocenters. The summed E-state index contributed by atoms with van der Waals surface area (Å²) in [5.41, 5.74) is 2.34. The van der Waals surface area contributed by atoms with E-state index in [1.807, 2.05) is 13.1 Å². The molecule has 1 heterocycles. The lowest BCUT2D eigenvalue weighted by Crippen LogP contribution is -2.28. The summed E-state index contributed by atoms with van der Waals surface area (Å²) in [6, 6.07) is 3.30. The highest BCUT2D eigenvalue weighted by molar-refractivity contribution is 6.36. The summed E-state index contributed by atoms with van der Waals surface area (Å²) in [6.07, 6.45) is 4.31. The zero-order valence-electron chi connectivity index (χ0n) is 11.3. The Balaban J connectivity index is 2.06. The van der Waals surface area contributed by atoms with Crippen molar-refractivity contribution in [3.8, 4) is 0 Å². The molecule has 1 amide bonds. The minimum atomic E-state index is -0.0997. The van der Waals surface area contributed by atoms with Gasteiger partial charge in [0.2, 0.25) is 0 Å². The fourth-order valence-electron chi connectivity index (χ4n) is 1.80. The molecule has 0 radical (unpaired) electrons. The van der Waals surface area contributed by atoms with Gasteiger partial charge in [-0.05, 0) is 36.6 Å². The van der Waals surface area contributed by atoms with E-state index in [1.54, 1.807) is 30.3 Å². The van der Waals surface area contributed by atoms with E-state index in [9.17, 15) is 4.79 Å². The molecule has 0 bridgehead atoms. The van der Waals surface area contributed by atoms with Gasteiger partial charge in [-0.1, -0.05) is 23.2 Å². The van der Waals surface area contributed by atoms with E-state index in [4.69, 9.17) is 23.2 Å².